The van der Waals surface area contributed by atoms with Crippen molar-refractivity contribution in [2.45, 2.75) is 108 Å². The number of H-pyrrole nitrogens is 1. The Morgan fingerprint density at radius 3 is 2.49 bits per heavy atom. The molecule has 3 aliphatic heterocycles. The van der Waals surface area contributed by atoms with Crippen LogP contribution in [0, 0.1) is 31.4 Å². The molecule has 2 aromatic carbocycles. The van der Waals surface area contributed by atoms with Crippen molar-refractivity contribution in [3.05, 3.63) is 133 Å². The molecule has 8 aromatic rings. The van der Waals surface area contributed by atoms with Crippen LogP contribution in [0.15, 0.2) is 75.3 Å². The molecule has 1 amide bonds. The molecule has 1 N–H and O–H groups in total. The van der Waals surface area contributed by atoms with Crippen LogP contribution in [0.25, 0.3) is 39.1 Å². The number of benzene rings is 2. The molecule has 67 heavy (non-hydrogen) atoms. The van der Waals surface area contributed by atoms with Crippen molar-refractivity contribution in [3.8, 4) is 17.2 Å². The van der Waals surface area contributed by atoms with E-state index in [-0.39, 0.29) is 46.3 Å². The van der Waals surface area contributed by atoms with Crippen molar-refractivity contribution in [3.63, 3.8) is 0 Å². The number of carbonyl (C=O) groups is 1. The smallest absolute Gasteiger partial charge is 0.375 e. The zero-order chi connectivity index (χ0) is 45.8. The maximum Gasteiger partial charge on any atom is 0.438 e. The summed E-state index contributed by atoms with van der Waals surface area (Å²) in [6, 6.07) is 9.99. The summed E-state index contributed by atoms with van der Waals surface area (Å²) < 4.78 is 50.6. The second kappa shape index (κ2) is 14.0. The zero-order valence-electron chi connectivity index (χ0n) is 37.4. The van der Waals surface area contributed by atoms with Crippen molar-refractivity contribution in [1.29, 1.82) is 0 Å². The molecule has 4 fully saturated rings. The van der Waals surface area contributed by atoms with Crippen molar-refractivity contribution in [1.82, 2.24) is 53.3 Å². The Balaban J connectivity index is 0.979. The molecule has 2 aliphatic carbocycles. The number of amides is 1. The average Bonchev–Trinajstić information content (AvgIpc) is 3.73. The lowest BCUT2D eigenvalue weighted by molar-refractivity contribution is -0.0132. The van der Waals surface area contributed by atoms with Crippen LogP contribution >= 0.6 is 0 Å². The van der Waals surface area contributed by atoms with Gasteiger partial charge >= 0.3 is 11.4 Å². The minimum atomic E-state index is -0.904. The number of aryl methyl sites for hydroxylation is 3. The van der Waals surface area contributed by atoms with Crippen molar-refractivity contribution in [2.75, 3.05) is 6.61 Å². The molecule has 0 radical (unpaired) electrons. The van der Waals surface area contributed by atoms with E-state index < -0.39 is 28.8 Å². The normalized spacial score (nSPS) is 23.9. The van der Waals surface area contributed by atoms with Gasteiger partial charge in [0.1, 0.15) is 28.5 Å². The minimum Gasteiger partial charge on any atom is -0.375 e. The Bertz CT molecular complexity index is 3510. The predicted molar refractivity (Wildman–Crippen MR) is 240 cm³/mol. The molecule has 2 bridgehead atoms. The third-order valence-corrected chi connectivity index (χ3v) is 15.7. The molecule has 16 nitrogen and oxygen atoms in total. The third-order valence-electron chi connectivity index (χ3n) is 15.7. The van der Waals surface area contributed by atoms with E-state index in [1.807, 2.05) is 21.7 Å². The molecule has 18 heteroatoms. The van der Waals surface area contributed by atoms with Gasteiger partial charge in [-0.1, -0.05) is 12.1 Å². The molecule has 5 aliphatic rings. The fourth-order valence-electron chi connectivity index (χ4n) is 12.0. The Morgan fingerprint density at radius 2 is 1.75 bits per heavy atom. The lowest BCUT2D eigenvalue weighted by Gasteiger charge is -2.46. The fraction of sp³-hybridized carbons (Fsp3) is 0.408. The molecule has 2 saturated carbocycles. The van der Waals surface area contributed by atoms with Gasteiger partial charge in [0, 0.05) is 55.7 Å². The standard InChI is InChI=1S/C49H47F2N11O5/c1-25-16-32(17-26(2)40(25)50)62-43(59-14-13-58(47(59)65)37-9-8-35-33(41(37)51)24-53-57(35)4)39-34(55-62)20-31-6-5-7-36(39)60(31)44(63)38-19-29-18-30(28-10-15-66-48(22-28)11-12-48)23-52-42(29)61(38)49(21-27(49)3)45-54-46(64)67-56-45/h8-9,13-14,16-19,23-24,27-28,31,36H,5-7,10-12,15,20-22H2,1-4H3,(H,54,56,64)/t27-,28-,31+,36-,49-/m0/s1. The van der Waals surface area contributed by atoms with E-state index in [1.54, 1.807) is 60.7 Å². The molecule has 0 unspecified atom stereocenters. The summed E-state index contributed by atoms with van der Waals surface area (Å²) in [6.07, 6.45) is 13.5. The van der Waals surface area contributed by atoms with Gasteiger partial charge in [0.25, 0.3) is 5.91 Å². The number of pyridine rings is 1. The number of ether oxygens (including phenoxy) is 1. The Morgan fingerprint density at radius 1 is 0.955 bits per heavy atom. The maximum absolute atomic E-state index is 16.2. The highest BCUT2D eigenvalue weighted by Gasteiger charge is 2.60. The summed E-state index contributed by atoms with van der Waals surface area (Å²) in [5.74, 6) is -0.870. The van der Waals surface area contributed by atoms with Crippen LogP contribution in [0.3, 0.4) is 0 Å². The Kier molecular flexibility index (Phi) is 8.45. The summed E-state index contributed by atoms with van der Waals surface area (Å²) in [5, 5.41) is 14.7. The fourth-order valence-corrected chi connectivity index (χ4v) is 12.0. The van der Waals surface area contributed by atoms with Crippen LogP contribution in [-0.4, -0.2) is 77.4 Å². The molecule has 342 valence electrons. The van der Waals surface area contributed by atoms with Gasteiger partial charge in [0.15, 0.2) is 11.6 Å². The van der Waals surface area contributed by atoms with E-state index in [9.17, 15) is 9.59 Å². The van der Waals surface area contributed by atoms with E-state index in [2.05, 4.69) is 28.2 Å². The summed E-state index contributed by atoms with van der Waals surface area (Å²) in [5.41, 5.74) is 4.03. The second-order valence-corrected chi connectivity index (χ2v) is 19.7. The van der Waals surface area contributed by atoms with Gasteiger partial charge in [0.05, 0.1) is 45.8 Å². The molecular weight excluding hydrogens is 861 g/mol. The first kappa shape index (κ1) is 40.3. The molecule has 1 spiro atoms. The van der Waals surface area contributed by atoms with Crippen molar-refractivity contribution in [2.24, 2.45) is 13.0 Å². The lowest BCUT2D eigenvalue weighted by atomic mass is 9.82. The number of halogens is 2. The molecule has 9 heterocycles. The van der Waals surface area contributed by atoms with Crippen LogP contribution in [-0.2, 0) is 23.7 Å². The van der Waals surface area contributed by atoms with Crippen LogP contribution in [0.4, 0.5) is 8.78 Å². The second-order valence-electron chi connectivity index (χ2n) is 19.7. The Hall–Kier alpha value is -6.95. The Labute approximate surface area is 380 Å². The van der Waals surface area contributed by atoms with E-state index >= 15 is 13.6 Å². The van der Waals surface area contributed by atoms with E-state index in [1.165, 1.54) is 21.5 Å². The number of nitrogens with one attached hydrogen (secondary N) is 1. The largest absolute Gasteiger partial charge is 0.438 e. The molecule has 13 rings (SSSR count). The predicted octanol–water partition coefficient (Wildman–Crippen LogP) is 7.12. The van der Waals surface area contributed by atoms with Gasteiger partial charge < -0.3 is 14.2 Å². The number of hydrogen-bond donors (Lipinski definition) is 1. The molecule has 6 aromatic heterocycles. The number of piperidine rings is 1. The number of carbonyl (C=O) groups excluding carboxylic acids is 1. The van der Waals surface area contributed by atoms with Crippen LogP contribution in [0.5, 0.6) is 0 Å². The van der Waals surface area contributed by atoms with Crippen molar-refractivity contribution >= 4 is 27.8 Å². The molecular formula is C49H47F2N11O5. The summed E-state index contributed by atoms with van der Waals surface area (Å²) in [7, 11) is 1.73. The summed E-state index contributed by atoms with van der Waals surface area (Å²) in [4.78, 5) is 53.1. The highest BCUT2D eigenvalue weighted by Crippen LogP contribution is 2.57. The number of nitrogens with zero attached hydrogens (tertiary/aromatic N) is 10. The number of rotatable bonds is 7. The average molecular weight is 908 g/mol. The van der Waals surface area contributed by atoms with Crippen LogP contribution in [0.2, 0.25) is 0 Å². The minimum absolute atomic E-state index is 0.0263. The SMILES string of the molecule is Cc1cc(-n2nc3c(c2-n2ccn(-c4ccc5c(cnn5C)c4F)c2=O)[C@@H]2CCC[C@H](C3)N2C(=O)c2cc3cc([C@H]4CCOC5(CC5)C4)cnc3n2[C@@]2(c3noc(=O)[nH]3)C[C@@H]2C)cc(C)c1F. The van der Waals surface area contributed by atoms with Gasteiger partial charge in [-0.15, -0.1) is 0 Å². The number of aromatic nitrogens is 10. The maximum atomic E-state index is 16.2. The number of imidazole rings is 1. The number of aromatic amines is 1. The summed E-state index contributed by atoms with van der Waals surface area (Å²) in [6.45, 7) is 6.13. The highest BCUT2D eigenvalue weighted by atomic mass is 19.1. The van der Waals surface area contributed by atoms with Gasteiger partial charge in [-0.3, -0.25) is 28.1 Å². The van der Waals surface area contributed by atoms with Gasteiger partial charge in [-0.05, 0) is 130 Å². The van der Waals surface area contributed by atoms with Gasteiger partial charge in [-0.25, -0.2) is 28.0 Å². The molecule has 2 saturated heterocycles. The van der Waals surface area contributed by atoms with E-state index in [4.69, 9.17) is 19.3 Å². The first-order chi connectivity index (χ1) is 32.3. The number of fused-ring (bicyclic) bond motifs is 6. The van der Waals surface area contributed by atoms with Crippen LogP contribution in [0.1, 0.15) is 115 Å². The third kappa shape index (κ3) is 5.80. The van der Waals surface area contributed by atoms with E-state index in [0.717, 1.165) is 55.2 Å². The van der Waals surface area contributed by atoms with Crippen molar-refractivity contribution < 1.29 is 22.8 Å². The first-order valence-electron chi connectivity index (χ1n) is 23.2. The molecule has 5 atom stereocenters. The van der Waals surface area contributed by atoms with E-state index in [0.29, 0.717) is 76.7 Å². The highest BCUT2D eigenvalue weighted by molar-refractivity contribution is 5.99. The van der Waals surface area contributed by atoms with Crippen LogP contribution < -0.4 is 11.4 Å². The van der Waals surface area contributed by atoms with Gasteiger partial charge in [-0.2, -0.15) is 10.2 Å². The number of hydrogen-bond acceptors (Lipinski definition) is 9. The van der Waals surface area contributed by atoms with Gasteiger partial charge in [0.2, 0.25) is 0 Å². The quantitative estimate of drug-likeness (QED) is 0.175. The lowest BCUT2D eigenvalue weighted by Crippen LogP contribution is -2.50. The topological polar surface area (TPSA) is 169 Å². The first-order valence-corrected chi connectivity index (χ1v) is 23.2. The monoisotopic (exact) mass is 907 g/mol. The summed E-state index contributed by atoms with van der Waals surface area (Å²) >= 11 is 0. The zero-order valence-corrected chi connectivity index (χ0v) is 37.4.